The molecule has 0 saturated carbocycles. The Morgan fingerprint density at radius 3 is 2.43 bits per heavy atom. The quantitative estimate of drug-likeness (QED) is 0.587. The van der Waals surface area contributed by atoms with Crippen molar-refractivity contribution in [2.24, 2.45) is 0 Å². The van der Waals surface area contributed by atoms with E-state index in [0.717, 1.165) is 10.2 Å². The summed E-state index contributed by atoms with van der Waals surface area (Å²) in [5.74, 6) is 1.47. The van der Waals surface area contributed by atoms with E-state index in [4.69, 9.17) is 14.2 Å². The molecule has 7 nitrogen and oxygen atoms in total. The number of aromatic nitrogens is 2. The van der Waals surface area contributed by atoms with Crippen molar-refractivity contribution in [3.05, 3.63) is 70.5 Å². The molecule has 3 rings (SSSR count). The van der Waals surface area contributed by atoms with Gasteiger partial charge >= 0.3 is 0 Å². The summed E-state index contributed by atoms with van der Waals surface area (Å²) in [4.78, 5) is 24.8. The van der Waals surface area contributed by atoms with Crippen LogP contribution in [0, 0.1) is 0 Å². The Balaban J connectivity index is 1.91. The number of Topliss-reactive ketones (excluding diaryl/α,β-unsaturated/α-hetero) is 1. The van der Waals surface area contributed by atoms with Crippen molar-refractivity contribution in [2.45, 2.75) is 6.54 Å². The van der Waals surface area contributed by atoms with Crippen molar-refractivity contribution in [3.63, 3.8) is 0 Å². The van der Waals surface area contributed by atoms with Gasteiger partial charge in [-0.15, -0.1) is 0 Å². The molecule has 0 spiro atoms. The number of rotatable bonds is 7. The molecule has 1 aromatic heterocycles. The lowest BCUT2D eigenvalue weighted by Gasteiger charge is -2.11. The highest BCUT2D eigenvalue weighted by atomic mass is 16.5. The Labute approximate surface area is 162 Å². The summed E-state index contributed by atoms with van der Waals surface area (Å²) in [5, 5.41) is 4.34. The zero-order valence-corrected chi connectivity index (χ0v) is 15.8. The Morgan fingerprint density at radius 1 is 0.929 bits per heavy atom. The van der Waals surface area contributed by atoms with Gasteiger partial charge in [0.1, 0.15) is 12.3 Å². The van der Waals surface area contributed by atoms with E-state index >= 15 is 0 Å². The van der Waals surface area contributed by atoms with Gasteiger partial charge in [-0.2, -0.15) is 5.10 Å². The zero-order valence-electron chi connectivity index (χ0n) is 15.8. The van der Waals surface area contributed by atoms with Crippen LogP contribution in [0.2, 0.25) is 0 Å². The predicted molar refractivity (Wildman–Crippen MR) is 104 cm³/mol. The van der Waals surface area contributed by atoms with Crippen LogP contribution in [-0.4, -0.2) is 36.9 Å². The highest BCUT2D eigenvalue weighted by molar-refractivity contribution is 5.96. The lowest BCUT2D eigenvalue weighted by molar-refractivity contribution is 0.0965. The van der Waals surface area contributed by atoms with Crippen LogP contribution in [-0.2, 0) is 6.54 Å². The maximum atomic E-state index is 12.6. The van der Waals surface area contributed by atoms with Gasteiger partial charge < -0.3 is 14.2 Å². The zero-order chi connectivity index (χ0) is 20.1. The van der Waals surface area contributed by atoms with E-state index in [0.29, 0.717) is 28.5 Å². The molecule has 0 aliphatic carbocycles. The van der Waals surface area contributed by atoms with E-state index in [2.05, 4.69) is 5.10 Å². The van der Waals surface area contributed by atoms with Gasteiger partial charge in [0.25, 0.3) is 5.56 Å². The molecule has 0 bridgehead atoms. The number of hydrogen-bond acceptors (Lipinski definition) is 6. The minimum absolute atomic E-state index is 0.173. The third-order valence-corrected chi connectivity index (χ3v) is 4.23. The van der Waals surface area contributed by atoms with Crippen molar-refractivity contribution in [2.75, 3.05) is 21.3 Å². The van der Waals surface area contributed by atoms with Crippen LogP contribution < -0.4 is 19.8 Å². The van der Waals surface area contributed by atoms with E-state index < -0.39 is 0 Å². The third-order valence-electron chi connectivity index (χ3n) is 4.23. The number of benzene rings is 2. The molecule has 2 aromatic carbocycles. The number of ketones is 1. The summed E-state index contributed by atoms with van der Waals surface area (Å²) < 4.78 is 16.8. The first-order valence-electron chi connectivity index (χ1n) is 8.53. The number of nitrogens with zero attached hydrogens (tertiary/aromatic N) is 2. The molecule has 0 atom stereocenters. The molecule has 3 aromatic rings. The molecule has 0 amide bonds. The average Bonchev–Trinajstić information content (AvgIpc) is 2.74. The fourth-order valence-electron chi connectivity index (χ4n) is 2.74. The normalized spacial score (nSPS) is 10.4. The lowest BCUT2D eigenvalue weighted by atomic mass is 10.1. The van der Waals surface area contributed by atoms with E-state index in [9.17, 15) is 9.59 Å². The molecule has 0 saturated heterocycles. The molecule has 0 aliphatic rings. The number of ether oxygens (including phenoxy) is 3. The van der Waals surface area contributed by atoms with E-state index in [1.54, 1.807) is 56.7 Å². The summed E-state index contributed by atoms with van der Waals surface area (Å²) in [6, 6.07) is 15.1. The van der Waals surface area contributed by atoms with Gasteiger partial charge in [0.2, 0.25) is 0 Å². The molecule has 0 unspecified atom stereocenters. The molecule has 0 N–H and O–H groups in total. The Kier molecular flexibility index (Phi) is 5.74. The van der Waals surface area contributed by atoms with Crippen molar-refractivity contribution in [1.29, 1.82) is 0 Å². The van der Waals surface area contributed by atoms with Crippen LogP contribution in [0.3, 0.4) is 0 Å². The number of carbonyl (C=O) groups is 1. The Hall–Kier alpha value is -3.61. The van der Waals surface area contributed by atoms with Crippen LogP contribution >= 0.6 is 0 Å². The van der Waals surface area contributed by atoms with Crippen LogP contribution in [0.5, 0.6) is 17.2 Å². The minimum Gasteiger partial charge on any atom is -0.497 e. The second kappa shape index (κ2) is 8.39. The summed E-state index contributed by atoms with van der Waals surface area (Å²) >= 11 is 0. The first kappa shape index (κ1) is 19.2. The maximum absolute atomic E-state index is 12.6. The van der Waals surface area contributed by atoms with Gasteiger partial charge in [-0.3, -0.25) is 9.59 Å². The second-order valence-corrected chi connectivity index (χ2v) is 5.94. The van der Waals surface area contributed by atoms with Crippen LogP contribution in [0.15, 0.2) is 59.4 Å². The first-order chi connectivity index (χ1) is 13.5. The summed E-state index contributed by atoms with van der Waals surface area (Å²) in [6.07, 6.45) is 0. The molecular weight excluding hydrogens is 360 g/mol. The highest BCUT2D eigenvalue weighted by Crippen LogP contribution is 2.31. The predicted octanol–water partition coefficient (Wildman–Crippen LogP) is 2.82. The highest BCUT2D eigenvalue weighted by Gasteiger charge is 2.12. The Morgan fingerprint density at radius 2 is 1.71 bits per heavy atom. The number of methoxy groups -OCH3 is 3. The summed E-state index contributed by atoms with van der Waals surface area (Å²) in [5.41, 5.74) is 1.37. The maximum Gasteiger partial charge on any atom is 0.267 e. The van der Waals surface area contributed by atoms with Gasteiger partial charge in [-0.25, -0.2) is 4.68 Å². The van der Waals surface area contributed by atoms with Gasteiger partial charge in [0.15, 0.2) is 17.3 Å². The molecule has 28 heavy (non-hydrogen) atoms. The Bertz CT molecular complexity index is 1060. The summed E-state index contributed by atoms with van der Waals surface area (Å²) in [6.45, 7) is -0.173. The molecule has 7 heteroatoms. The monoisotopic (exact) mass is 380 g/mol. The van der Waals surface area contributed by atoms with Crippen molar-refractivity contribution >= 4 is 5.78 Å². The molecule has 0 fully saturated rings. The first-order valence-corrected chi connectivity index (χ1v) is 8.53. The molecule has 1 heterocycles. The SMILES string of the molecule is COc1cccc(C(=O)Cn2nc(-c3ccc(OC)c(OC)c3)ccc2=O)c1. The van der Waals surface area contributed by atoms with E-state index in [-0.39, 0.29) is 17.9 Å². The van der Waals surface area contributed by atoms with Crippen LogP contribution in [0.4, 0.5) is 0 Å². The lowest BCUT2D eigenvalue weighted by Crippen LogP contribution is -2.26. The van der Waals surface area contributed by atoms with E-state index in [1.807, 2.05) is 6.07 Å². The van der Waals surface area contributed by atoms with Gasteiger partial charge in [0.05, 0.1) is 27.0 Å². The smallest absolute Gasteiger partial charge is 0.267 e. The number of hydrogen-bond donors (Lipinski definition) is 0. The van der Waals surface area contributed by atoms with Crippen LogP contribution in [0.25, 0.3) is 11.3 Å². The van der Waals surface area contributed by atoms with E-state index in [1.165, 1.54) is 13.2 Å². The fourth-order valence-corrected chi connectivity index (χ4v) is 2.74. The van der Waals surface area contributed by atoms with Gasteiger partial charge in [0, 0.05) is 17.2 Å². The topological polar surface area (TPSA) is 79.7 Å². The minimum atomic E-state index is -0.361. The molecule has 0 aliphatic heterocycles. The van der Waals surface area contributed by atoms with Crippen molar-refractivity contribution in [1.82, 2.24) is 9.78 Å². The molecular formula is C21H20N2O5. The second-order valence-electron chi connectivity index (χ2n) is 5.94. The van der Waals surface area contributed by atoms with Crippen molar-refractivity contribution < 1.29 is 19.0 Å². The van der Waals surface area contributed by atoms with Crippen molar-refractivity contribution in [3.8, 4) is 28.5 Å². The molecule has 0 radical (unpaired) electrons. The number of carbonyl (C=O) groups excluding carboxylic acids is 1. The largest absolute Gasteiger partial charge is 0.497 e. The van der Waals surface area contributed by atoms with Gasteiger partial charge in [-0.05, 0) is 36.4 Å². The average molecular weight is 380 g/mol. The molecule has 144 valence electrons. The summed E-state index contributed by atoms with van der Waals surface area (Å²) in [7, 11) is 4.63. The fraction of sp³-hybridized carbons (Fsp3) is 0.190. The van der Waals surface area contributed by atoms with Gasteiger partial charge in [-0.1, -0.05) is 12.1 Å². The third kappa shape index (κ3) is 4.03. The van der Waals surface area contributed by atoms with Crippen LogP contribution in [0.1, 0.15) is 10.4 Å². The standard InChI is InChI=1S/C21H20N2O5/c1-26-16-6-4-5-15(11-16)18(24)13-23-21(25)10-8-17(22-23)14-7-9-19(27-2)20(12-14)28-3/h4-12H,13H2,1-3H3.